The average molecular weight is 504 g/mol. The highest BCUT2D eigenvalue weighted by atomic mass is 19.1. The molecule has 192 valence electrons. The molecule has 10 heteroatoms. The molecule has 1 aliphatic heterocycles. The number of anilines is 1. The van der Waals surface area contributed by atoms with Gasteiger partial charge in [-0.15, -0.1) is 10.2 Å². The predicted octanol–water partition coefficient (Wildman–Crippen LogP) is 4.66. The normalized spacial score (nSPS) is 15.1. The number of ether oxygens (including phenoxy) is 1. The first-order valence-corrected chi connectivity index (χ1v) is 12.2. The van der Waals surface area contributed by atoms with E-state index >= 15 is 0 Å². The van der Waals surface area contributed by atoms with E-state index in [0.29, 0.717) is 35.2 Å². The van der Waals surface area contributed by atoms with Gasteiger partial charge in [-0.25, -0.2) is 14.4 Å². The zero-order chi connectivity index (χ0) is 26.3. The number of imidazole rings is 1. The van der Waals surface area contributed by atoms with Gasteiger partial charge >= 0.3 is 0 Å². The van der Waals surface area contributed by atoms with Crippen molar-refractivity contribution in [2.75, 3.05) is 19.0 Å². The number of hydrogen-bond donors (Lipinski definition) is 1. The number of hydrogen-bond acceptors (Lipinski definition) is 6. The number of benzene rings is 1. The molecular formula is C27H30FN7O2. The fourth-order valence-corrected chi connectivity index (χ4v) is 4.60. The highest BCUT2D eigenvalue weighted by Crippen LogP contribution is 2.31. The van der Waals surface area contributed by atoms with E-state index in [0.717, 1.165) is 24.4 Å². The zero-order valence-corrected chi connectivity index (χ0v) is 21.6. The number of aryl methyl sites for hydroxylation is 2. The van der Waals surface area contributed by atoms with Gasteiger partial charge in [0.2, 0.25) is 0 Å². The molecule has 0 bridgehead atoms. The second-order valence-corrected chi connectivity index (χ2v) is 10.4. The van der Waals surface area contributed by atoms with Crippen molar-refractivity contribution in [3.05, 3.63) is 71.3 Å². The summed E-state index contributed by atoms with van der Waals surface area (Å²) in [6.07, 6.45) is 5.33. The van der Waals surface area contributed by atoms with Gasteiger partial charge in [-0.05, 0) is 43.2 Å². The van der Waals surface area contributed by atoms with E-state index < -0.39 is 11.7 Å². The van der Waals surface area contributed by atoms with E-state index in [-0.39, 0.29) is 17.0 Å². The van der Waals surface area contributed by atoms with Crippen LogP contribution in [-0.4, -0.2) is 48.9 Å². The molecule has 9 nitrogen and oxygen atoms in total. The average Bonchev–Trinajstić information content (AvgIpc) is 3.57. The zero-order valence-electron chi connectivity index (χ0n) is 21.6. The van der Waals surface area contributed by atoms with E-state index in [4.69, 9.17) is 4.74 Å². The minimum Gasteiger partial charge on any atom is -0.383 e. The molecule has 0 saturated heterocycles. The lowest BCUT2D eigenvalue weighted by molar-refractivity contribution is 0.102. The van der Waals surface area contributed by atoms with Crippen LogP contribution in [0.5, 0.6) is 0 Å². The quantitative estimate of drug-likeness (QED) is 0.411. The number of nitrogens with zero attached hydrogens (tertiary/aromatic N) is 6. The van der Waals surface area contributed by atoms with Crippen LogP contribution in [0.25, 0.3) is 17.2 Å². The number of pyridine rings is 1. The molecule has 1 atom stereocenters. The maximum absolute atomic E-state index is 14.9. The van der Waals surface area contributed by atoms with E-state index in [2.05, 4.69) is 46.3 Å². The molecule has 1 aliphatic rings. The number of nitrogens with one attached hydrogen (secondary N) is 1. The summed E-state index contributed by atoms with van der Waals surface area (Å²) in [7, 11) is 1.67. The number of rotatable bonds is 6. The van der Waals surface area contributed by atoms with Crippen molar-refractivity contribution in [2.45, 2.75) is 52.0 Å². The van der Waals surface area contributed by atoms with Gasteiger partial charge in [-0.1, -0.05) is 26.8 Å². The fraction of sp³-hybridized carbons (Fsp3) is 0.370. The first-order chi connectivity index (χ1) is 17.7. The van der Waals surface area contributed by atoms with Crippen LogP contribution >= 0.6 is 0 Å². The van der Waals surface area contributed by atoms with Gasteiger partial charge in [0.25, 0.3) is 5.91 Å². The molecule has 0 unspecified atom stereocenters. The molecule has 0 radical (unpaired) electrons. The number of aromatic nitrogens is 6. The van der Waals surface area contributed by atoms with Crippen LogP contribution < -0.4 is 5.32 Å². The van der Waals surface area contributed by atoms with Crippen LogP contribution in [0.4, 0.5) is 10.2 Å². The summed E-state index contributed by atoms with van der Waals surface area (Å²) < 4.78 is 24.1. The molecule has 0 saturated carbocycles. The van der Waals surface area contributed by atoms with Crippen LogP contribution in [-0.2, 0) is 16.6 Å². The second-order valence-electron chi connectivity index (χ2n) is 10.4. The van der Waals surface area contributed by atoms with Crippen LogP contribution in [0, 0.1) is 12.7 Å². The number of fused-ring (bicyclic) bond motifs is 1. The number of carbonyl (C=O) groups excluding carboxylic acids is 1. The smallest absolute Gasteiger partial charge is 0.259 e. The third-order valence-electron chi connectivity index (χ3n) is 6.57. The van der Waals surface area contributed by atoms with Crippen LogP contribution in [0.3, 0.4) is 0 Å². The minimum absolute atomic E-state index is 0.0812. The van der Waals surface area contributed by atoms with Crippen LogP contribution in [0.15, 0.2) is 42.9 Å². The molecule has 4 aromatic rings. The summed E-state index contributed by atoms with van der Waals surface area (Å²) in [6.45, 7) is 8.57. The number of amides is 1. The molecule has 1 N–H and O–H groups in total. The van der Waals surface area contributed by atoms with E-state index in [1.54, 1.807) is 38.6 Å². The summed E-state index contributed by atoms with van der Waals surface area (Å²) in [5.74, 6) is 0.591. The first kappa shape index (κ1) is 24.8. The maximum Gasteiger partial charge on any atom is 0.259 e. The van der Waals surface area contributed by atoms with E-state index in [9.17, 15) is 9.18 Å². The molecule has 1 aromatic carbocycles. The maximum atomic E-state index is 14.9. The Bertz CT molecular complexity index is 1470. The van der Waals surface area contributed by atoms with Gasteiger partial charge in [-0.2, -0.15) is 0 Å². The molecule has 5 rings (SSSR count). The Balaban J connectivity index is 1.42. The second kappa shape index (κ2) is 9.51. The van der Waals surface area contributed by atoms with Gasteiger partial charge in [0.15, 0.2) is 5.82 Å². The number of halogens is 1. The Labute approximate surface area is 214 Å². The Hall–Kier alpha value is -3.92. The fourth-order valence-electron chi connectivity index (χ4n) is 4.60. The SMILES string of the molecule is COC[C@H]1CCc2nnc(-c3cccc(NC(=O)c4cc(-n5cnc(C(C)(C)C)c5)c(C)cc4F)n3)n21. The molecule has 3 aromatic heterocycles. The van der Waals surface area contributed by atoms with Crippen molar-refractivity contribution in [2.24, 2.45) is 0 Å². The van der Waals surface area contributed by atoms with Crippen molar-refractivity contribution >= 4 is 11.7 Å². The summed E-state index contributed by atoms with van der Waals surface area (Å²) in [5, 5.41) is 11.3. The van der Waals surface area contributed by atoms with Crippen molar-refractivity contribution in [1.29, 1.82) is 0 Å². The molecule has 1 amide bonds. The molecular weight excluding hydrogens is 473 g/mol. The first-order valence-electron chi connectivity index (χ1n) is 12.2. The minimum atomic E-state index is -0.608. The highest BCUT2D eigenvalue weighted by molar-refractivity contribution is 6.04. The molecule has 37 heavy (non-hydrogen) atoms. The van der Waals surface area contributed by atoms with Crippen LogP contribution in [0.1, 0.15) is 60.7 Å². The number of methoxy groups -OCH3 is 1. The molecule has 0 fully saturated rings. The standard InChI is InChI=1S/C27H30FN7O2/c1-16-11-19(28)18(12-21(16)34-13-22(29-15-34)27(2,3)4)26(36)31-23-8-6-7-20(30-23)25-33-32-24-10-9-17(14-37-5)35(24)25/h6-8,11-13,15,17H,9-10,14H2,1-5H3,(H,30,31,36)/t17-/m1/s1. The topological polar surface area (TPSA) is 99.8 Å². The van der Waals surface area contributed by atoms with E-state index in [1.165, 1.54) is 6.07 Å². The van der Waals surface area contributed by atoms with Crippen molar-refractivity contribution in [1.82, 2.24) is 29.3 Å². The molecule has 0 aliphatic carbocycles. The lowest BCUT2D eigenvalue weighted by Gasteiger charge is -2.15. The lowest BCUT2D eigenvalue weighted by Crippen LogP contribution is -2.16. The van der Waals surface area contributed by atoms with Gasteiger partial charge in [0.1, 0.15) is 23.2 Å². The van der Waals surface area contributed by atoms with Crippen molar-refractivity contribution < 1.29 is 13.9 Å². The monoisotopic (exact) mass is 503 g/mol. The van der Waals surface area contributed by atoms with E-state index in [1.807, 2.05) is 21.4 Å². The van der Waals surface area contributed by atoms with Gasteiger partial charge < -0.3 is 19.2 Å². The third-order valence-corrected chi connectivity index (χ3v) is 6.57. The molecule has 4 heterocycles. The van der Waals surface area contributed by atoms with Gasteiger partial charge in [0, 0.05) is 25.1 Å². The summed E-state index contributed by atoms with van der Waals surface area (Å²) in [5.41, 5.74) is 2.62. The van der Waals surface area contributed by atoms with Crippen LogP contribution in [0.2, 0.25) is 0 Å². The summed E-state index contributed by atoms with van der Waals surface area (Å²) in [6, 6.07) is 8.28. The predicted molar refractivity (Wildman–Crippen MR) is 137 cm³/mol. The van der Waals surface area contributed by atoms with Crippen molar-refractivity contribution in [3.8, 4) is 17.2 Å². The number of carbonyl (C=O) groups is 1. The molecule has 0 spiro atoms. The largest absolute Gasteiger partial charge is 0.383 e. The Kier molecular flexibility index (Phi) is 6.36. The summed E-state index contributed by atoms with van der Waals surface area (Å²) >= 11 is 0. The highest BCUT2D eigenvalue weighted by Gasteiger charge is 2.28. The Morgan fingerprint density at radius 2 is 2.05 bits per heavy atom. The Morgan fingerprint density at radius 3 is 2.78 bits per heavy atom. The van der Waals surface area contributed by atoms with Crippen molar-refractivity contribution in [3.63, 3.8) is 0 Å². The van der Waals surface area contributed by atoms with Gasteiger partial charge in [-0.3, -0.25) is 4.79 Å². The Morgan fingerprint density at radius 1 is 1.24 bits per heavy atom. The lowest BCUT2D eigenvalue weighted by atomic mass is 9.93. The van der Waals surface area contributed by atoms with Gasteiger partial charge in [0.05, 0.1) is 35.9 Å². The third kappa shape index (κ3) is 4.76. The summed E-state index contributed by atoms with van der Waals surface area (Å²) in [4.78, 5) is 22.2.